The van der Waals surface area contributed by atoms with Crippen molar-refractivity contribution in [1.82, 2.24) is 15.1 Å². The Kier molecular flexibility index (Phi) is 3.77. The lowest BCUT2D eigenvalue weighted by molar-refractivity contribution is 0.442. The topological polar surface area (TPSA) is 29.9 Å². The van der Waals surface area contributed by atoms with Crippen LogP contribution in [-0.4, -0.2) is 16.8 Å². The quantitative estimate of drug-likeness (QED) is 0.897. The lowest BCUT2D eigenvalue weighted by Crippen LogP contribution is -2.13. The second kappa shape index (κ2) is 5.13. The minimum Gasteiger partial charge on any atom is -0.373 e. The van der Waals surface area contributed by atoms with Crippen molar-refractivity contribution in [1.29, 1.82) is 0 Å². The highest BCUT2D eigenvalue weighted by atomic mass is 35.5. The van der Waals surface area contributed by atoms with E-state index in [2.05, 4.69) is 17.3 Å². The van der Waals surface area contributed by atoms with Crippen LogP contribution in [0.1, 0.15) is 37.9 Å². The maximum Gasteiger partial charge on any atom is 0.138 e. The summed E-state index contributed by atoms with van der Waals surface area (Å²) in [5.41, 5.74) is 2.42. The van der Waals surface area contributed by atoms with Crippen LogP contribution in [0.15, 0.2) is 6.08 Å². The van der Waals surface area contributed by atoms with E-state index in [-0.39, 0.29) is 0 Å². The smallest absolute Gasteiger partial charge is 0.138 e. The van der Waals surface area contributed by atoms with Gasteiger partial charge in [0.15, 0.2) is 0 Å². The Morgan fingerprint density at radius 3 is 3.00 bits per heavy atom. The summed E-state index contributed by atoms with van der Waals surface area (Å²) in [6, 6.07) is 0. The molecule has 1 N–H and O–H groups in total. The molecule has 1 atom stereocenters. The van der Waals surface area contributed by atoms with E-state index >= 15 is 0 Å². The van der Waals surface area contributed by atoms with E-state index in [9.17, 15) is 0 Å². The number of aromatic nitrogens is 2. The van der Waals surface area contributed by atoms with Gasteiger partial charge in [0.05, 0.1) is 5.69 Å². The third-order valence-electron chi connectivity index (χ3n) is 3.62. The summed E-state index contributed by atoms with van der Waals surface area (Å²) < 4.78 is 1.82. The van der Waals surface area contributed by atoms with Gasteiger partial charge in [-0.2, -0.15) is 5.10 Å². The monoisotopic (exact) mass is 253 g/mol. The number of allylic oxidation sites excluding steroid dienone is 1. The maximum absolute atomic E-state index is 6.44. The van der Waals surface area contributed by atoms with Gasteiger partial charge in [0.25, 0.3) is 0 Å². The summed E-state index contributed by atoms with van der Waals surface area (Å²) in [4.78, 5) is 0. The van der Waals surface area contributed by atoms with E-state index in [1.165, 1.54) is 24.1 Å². The molecule has 0 saturated heterocycles. The minimum atomic E-state index is 0.765. The molecule has 0 saturated carbocycles. The highest BCUT2D eigenvalue weighted by Crippen LogP contribution is 2.32. The number of rotatable bonds is 3. The summed E-state index contributed by atoms with van der Waals surface area (Å²) >= 11 is 6.44. The molecule has 0 bridgehead atoms. The van der Waals surface area contributed by atoms with Crippen LogP contribution in [0.2, 0.25) is 5.15 Å². The Bertz CT molecular complexity index is 434. The summed E-state index contributed by atoms with van der Waals surface area (Å²) in [6.07, 6.45) is 6.58. The molecule has 4 heteroatoms. The van der Waals surface area contributed by atoms with Crippen LogP contribution in [-0.2, 0) is 12.8 Å². The van der Waals surface area contributed by atoms with E-state index in [1.807, 2.05) is 24.7 Å². The zero-order valence-electron chi connectivity index (χ0n) is 10.8. The highest BCUT2D eigenvalue weighted by molar-refractivity contribution is 6.30. The highest BCUT2D eigenvalue weighted by Gasteiger charge is 2.25. The zero-order valence-corrected chi connectivity index (χ0v) is 11.5. The van der Waals surface area contributed by atoms with E-state index < -0.39 is 0 Å². The van der Waals surface area contributed by atoms with Gasteiger partial charge in [-0.25, -0.2) is 4.68 Å². The van der Waals surface area contributed by atoms with E-state index in [0.717, 1.165) is 29.7 Å². The Balaban J connectivity index is 2.37. The van der Waals surface area contributed by atoms with E-state index in [4.69, 9.17) is 11.6 Å². The minimum absolute atomic E-state index is 0.765. The fourth-order valence-electron chi connectivity index (χ4n) is 2.49. The zero-order chi connectivity index (χ0) is 12.4. The van der Waals surface area contributed by atoms with Crippen LogP contribution < -0.4 is 5.32 Å². The molecule has 0 fully saturated rings. The molecule has 17 heavy (non-hydrogen) atoms. The molecule has 2 rings (SSSR count). The number of nitrogens with zero attached hydrogens (tertiary/aromatic N) is 2. The first-order valence-electron chi connectivity index (χ1n) is 6.31. The first-order valence-corrected chi connectivity index (χ1v) is 6.69. The summed E-state index contributed by atoms with van der Waals surface area (Å²) in [7, 11) is 1.89. The summed E-state index contributed by atoms with van der Waals surface area (Å²) in [6.45, 7) is 4.23. The molecule has 1 aromatic heterocycles. The van der Waals surface area contributed by atoms with Gasteiger partial charge in [-0.3, -0.25) is 0 Å². The molecule has 0 aliphatic heterocycles. The van der Waals surface area contributed by atoms with Gasteiger partial charge in [-0.05, 0) is 38.2 Å². The Hall–Kier alpha value is -0.960. The van der Waals surface area contributed by atoms with E-state index in [1.54, 1.807) is 0 Å². The first kappa shape index (κ1) is 12.5. The van der Waals surface area contributed by atoms with Gasteiger partial charge < -0.3 is 5.32 Å². The average molecular weight is 254 g/mol. The van der Waals surface area contributed by atoms with E-state index in [0.29, 0.717) is 0 Å². The summed E-state index contributed by atoms with van der Waals surface area (Å²) in [5, 5.41) is 8.51. The predicted octanol–water partition coefficient (Wildman–Crippen LogP) is 3.09. The van der Waals surface area contributed by atoms with Gasteiger partial charge >= 0.3 is 0 Å². The lowest BCUT2D eigenvalue weighted by Gasteiger charge is -2.19. The SMILES string of the molecule is C/C=C(\NC)n1nc2c(c1Cl)CC(CC)CC2. The van der Waals surface area contributed by atoms with Crippen molar-refractivity contribution in [3.8, 4) is 0 Å². The van der Waals surface area contributed by atoms with Crippen molar-refractivity contribution in [2.75, 3.05) is 7.05 Å². The van der Waals surface area contributed by atoms with Crippen LogP contribution >= 0.6 is 11.6 Å². The molecule has 0 aromatic carbocycles. The van der Waals surface area contributed by atoms with Crippen LogP contribution in [0.5, 0.6) is 0 Å². The molecular formula is C13H20ClN3. The van der Waals surface area contributed by atoms with Crippen LogP contribution in [0, 0.1) is 5.92 Å². The Labute approximate surface area is 108 Å². The number of hydrogen-bond donors (Lipinski definition) is 1. The van der Waals surface area contributed by atoms with Crippen molar-refractivity contribution >= 4 is 17.4 Å². The predicted molar refractivity (Wildman–Crippen MR) is 72.0 cm³/mol. The molecule has 0 spiro atoms. The van der Waals surface area contributed by atoms with Gasteiger partial charge in [-0.1, -0.05) is 24.9 Å². The van der Waals surface area contributed by atoms with Crippen molar-refractivity contribution < 1.29 is 0 Å². The molecule has 3 nitrogen and oxygen atoms in total. The molecule has 0 amide bonds. The number of fused-ring (bicyclic) bond motifs is 1. The van der Waals surface area contributed by atoms with Crippen molar-refractivity contribution in [3.05, 3.63) is 22.5 Å². The molecule has 1 unspecified atom stereocenters. The van der Waals surface area contributed by atoms with Crippen molar-refractivity contribution in [2.45, 2.75) is 39.5 Å². The lowest BCUT2D eigenvalue weighted by atomic mass is 9.86. The van der Waals surface area contributed by atoms with Gasteiger partial charge in [-0.15, -0.1) is 0 Å². The number of aryl methyl sites for hydroxylation is 1. The molecule has 1 aliphatic carbocycles. The largest absolute Gasteiger partial charge is 0.373 e. The normalized spacial score (nSPS) is 20.2. The van der Waals surface area contributed by atoms with Gasteiger partial charge in [0.2, 0.25) is 0 Å². The van der Waals surface area contributed by atoms with Crippen LogP contribution in [0.3, 0.4) is 0 Å². The third-order valence-corrected chi connectivity index (χ3v) is 4.01. The number of nitrogens with one attached hydrogen (secondary N) is 1. The number of halogens is 1. The molecule has 94 valence electrons. The molecular weight excluding hydrogens is 234 g/mol. The second-order valence-corrected chi connectivity index (χ2v) is 4.93. The molecule has 1 aliphatic rings. The van der Waals surface area contributed by atoms with Crippen LogP contribution in [0.4, 0.5) is 0 Å². The standard InChI is InChI=1S/C13H20ClN3/c1-4-9-6-7-11-10(8-9)13(14)17(16-11)12(5-2)15-3/h5,9,15H,4,6-8H2,1-3H3/b12-5+. The Morgan fingerprint density at radius 2 is 2.41 bits per heavy atom. The average Bonchev–Trinajstić information content (AvgIpc) is 2.68. The molecule has 1 heterocycles. The second-order valence-electron chi connectivity index (χ2n) is 4.57. The van der Waals surface area contributed by atoms with Crippen molar-refractivity contribution in [2.24, 2.45) is 5.92 Å². The summed E-state index contributed by atoms with van der Waals surface area (Å²) in [5.74, 6) is 1.71. The molecule has 1 aromatic rings. The van der Waals surface area contributed by atoms with Gasteiger partial charge in [0, 0.05) is 12.6 Å². The van der Waals surface area contributed by atoms with Crippen molar-refractivity contribution in [3.63, 3.8) is 0 Å². The third kappa shape index (κ3) is 2.21. The van der Waals surface area contributed by atoms with Crippen LogP contribution in [0.25, 0.3) is 5.82 Å². The fraction of sp³-hybridized carbons (Fsp3) is 0.615. The van der Waals surface area contributed by atoms with Gasteiger partial charge in [0.1, 0.15) is 11.0 Å². The molecule has 0 radical (unpaired) electrons. The number of hydrogen-bond acceptors (Lipinski definition) is 2. The fourth-order valence-corrected chi connectivity index (χ4v) is 2.80. The maximum atomic E-state index is 6.44. The Morgan fingerprint density at radius 1 is 1.65 bits per heavy atom. The first-order chi connectivity index (χ1) is 8.21.